The van der Waals surface area contributed by atoms with E-state index in [9.17, 15) is 31.9 Å². The molecule has 0 bridgehead atoms. The molecule has 12 aromatic rings. The molecule has 9 atom stereocenters. The predicted molar refractivity (Wildman–Crippen MR) is 474 cm³/mol. The lowest BCUT2D eigenvalue weighted by Gasteiger charge is -2.40. The Morgan fingerprint density at radius 3 is 1.18 bits per heavy atom. The number of piperazine rings is 3. The molecule has 15 heterocycles. The highest BCUT2D eigenvalue weighted by molar-refractivity contribution is 6.34. The fourth-order valence-electron chi connectivity index (χ4n) is 16.7. The van der Waals surface area contributed by atoms with Crippen molar-refractivity contribution in [1.82, 2.24) is 105 Å². The molecule has 6 saturated heterocycles. The molecule has 6 aliphatic heterocycles. The number of halogens is 7. The van der Waals surface area contributed by atoms with Crippen LogP contribution in [0.1, 0.15) is 27.7 Å². The number of ether oxygens (including phenoxy) is 9. The zero-order valence-electron chi connectivity index (χ0n) is 71.6. The first-order chi connectivity index (χ1) is 62.2. The minimum absolute atomic E-state index is 0.0285. The first-order valence-electron chi connectivity index (χ1n) is 41.7. The maximum Gasteiger partial charge on any atom is 0.319 e. The second-order valence-corrected chi connectivity index (χ2v) is 33.1. The van der Waals surface area contributed by atoms with Crippen molar-refractivity contribution in [3.8, 4) is 52.9 Å². The van der Waals surface area contributed by atoms with Crippen LogP contribution in [-0.4, -0.2) is 324 Å². The van der Waals surface area contributed by atoms with E-state index in [1.807, 2.05) is 51.7 Å². The molecule has 43 heteroatoms. The number of hydrogen-bond donors (Lipinski definition) is 3. The number of rotatable bonds is 24. The maximum atomic E-state index is 14.7. The summed E-state index contributed by atoms with van der Waals surface area (Å²) in [7, 11) is 7.56. The molecule has 678 valence electrons. The van der Waals surface area contributed by atoms with E-state index in [0.29, 0.717) is 194 Å². The molecule has 18 rings (SSSR count). The van der Waals surface area contributed by atoms with Crippen molar-refractivity contribution < 1.29 is 74.6 Å². The van der Waals surface area contributed by atoms with Gasteiger partial charge in [-0.2, -0.15) is 45.2 Å². The van der Waals surface area contributed by atoms with Crippen LogP contribution in [0.3, 0.4) is 0 Å². The minimum Gasteiger partial charge on any atom is -0.456 e. The average Bonchev–Trinajstić information content (AvgIpc) is 1.74. The third-order valence-electron chi connectivity index (χ3n) is 23.0. The van der Waals surface area contributed by atoms with E-state index < -0.39 is 35.8 Å². The Hall–Kier alpha value is -12.3. The number of hydrogen-bond acceptors (Lipinski definition) is 30. The molecule has 129 heavy (non-hydrogen) atoms. The number of methoxy groups -OCH3 is 1. The highest BCUT2D eigenvalue weighted by atomic mass is 35.5. The Morgan fingerprint density at radius 2 is 0.814 bits per heavy atom. The van der Waals surface area contributed by atoms with Gasteiger partial charge < -0.3 is 72.0 Å². The lowest BCUT2D eigenvalue weighted by atomic mass is 10.1. The third-order valence-corrected chi connectivity index (χ3v) is 24.1. The summed E-state index contributed by atoms with van der Waals surface area (Å²) in [5.41, 5.74) is 2.25. The number of pyridine rings is 3. The van der Waals surface area contributed by atoms with E-state index in [1.54, 1.807) is 52.4 Å². The smallest absolute Gasteiger partial charge is 0.319 e. The summed E-state index contributed by atoms with van der Waals surface area (Å²) in [6.07, 6.45) is 10.2. The fraction of sp³-hybridized carbons (Fsp3) is 0.407. The topological polar surface area (TPSA) is 365 Å². The van der Waals surface area contributed by atoms with Gasteiger partial charge in [0.25, 0.3) is 0 Å². The number of aromatic amines is 3. The van der Waals surface area contributed by atoms with E-state index in [2.05, 4.69) is 89.9 Å². The molecule has 3 aromatic carbocycles. The van der Waals surface area contributed by atoms with E-state index >= 15 is 0 Å². The van der Waals surface area contributed by atoms with Crippen LogP contribution in [0.15, 0.2) is 112 Å². The van der Waals surface area contributed by atoms with Crippen LogP contribution >= 0.6 is 34.8 Å². The number of H-pyrrole nitrogens is 3. The molecule has 36 nitrogen and oxygen atoms in total. The molecule has 0 saturated carbocycles. The first kappa shape index (κ1) is 90.1. The van der Waals surface area contributed by atoms with Gasteiger partial charge in [-0.1, -0.05) is 54.5 Å². The normalized spacial score (nSPS) is 20.8. The third kappa shape index (κ3) is 19.1. The molecule has 0 aliphatic carbocycles. The van der Waals surface area contributed by atoms with Gasteiger partial charge in [-0.25, -0.2) is 32.5 Å². The summed E-state index contributed by atoms with van der Waals surface area (Å²) in [6.45, 7) is 27.3. The number of fused-ring (bicyclic) bond motifs is 6. The molecular weight excluding hydrogens is 1740 g/mol. The summed E-state index contributed by atoms with van der Waals surface area (Å²) in [6, 6.07) is 9.19. The number of carbonyl (C=O) groups excluding carboxylic acids is 3. The number of carbonyl (C=O) groups is 3. The zero-order valence-corrected chi connectivity index (χ0v) is 73.9. The van der Waals surface area contributed by atoms with Crippen LogP contribution < -0.4 is 43.1 Å². The number of anilines is 3. The minimum atomic E-state index is -1.13. The maximum absolute atomic E-state index is 14.7. The SMILES string of the molecule is C=CC(=O)N1CCN(c2nc(OC3CN(C)C[C@H]3OCC(C)F)nc3c(Oc4c(Cl)c(F)cc5[nH]ncc45)nccc23)CC1.C=CC(=O)N1CCN(c2nc(O[C@@H]3CN(C)C[C@H]3OC)nc3c(Oc4c(Cl)c(F)cc5[nH]ncc45)nccc23)[C@H](C)C1.C=CC(=O)N1CCN(c2nc(O[C@@H]3CN(C)C[C@H]3OCC)nc3c(Oc4c(Cl)c(F)cc5[nH]ncc45)nccc23)[C@@H](C)C1. The van der Waals surface area contributed by atoms with Crippen LogP contribution in [0, 0.1) is 17.5 Å². The van der Waals surface area contributed by atoms with E-state index in [0.717, 1.165) is 0 Å². The quantitative estimate of drug-likeness (QED) is 0.0374. The van der Waals surface area contributed by atoms with Crippen molar-refractivity contribution in [1.29, 1.82) is 0 Å². The summed E-state index contributed by atoms with van der Waals surface area (Å²) in [4.78, 5) is 96.5. The van der Waals surface area contributed by atoms with Crippen LogP contribution in [0.5, 0.6) is 52.9 Å². The van der Waals surface area contributed by atoms with Crippen LogP contribution in [0.25, 0.3) is 65.4 Å². The number of alkyl halides is 1. The number of amides is 3. The number of nitrogens with zero attached hydrogens (tertiary/aromatic N) is 21. The van der Waals surface area contributed by atoms with Crippen molar-refractivity contribution in [3.05, 3.63) is 144 Å². The summed E-state index contributed by atoms with van der Waals surface area (Å²) in [5, 5.41) is 22.9. The van der Waals surface area contributed by atoms with Crippen molar-refractivity contribution in [2.45, 2.75) is 82.6 Å². The van der Waals surface area contributed by atoms with Gasteiger partial charge in [-0.3, -0.25) is 44.4 Å². The molecular formula is C86H93Cl3F4N24O12. The van der Waals surface area contributed by atoms with Gasteiger partial charge in [-0.05, 0) is 85.3 Å². The second kappa shape index (κ2) is 39.0. The largest absolute Gasteiger partial charge is 0.456 e. The van der Waals surface area contributed by atoms with E-state index in [1.165, 1.54) is 68.1 Å². The van der Waals surface area contributed by atoms with Gasteiger partial charge in [0.2, 0.25) is 35.4 Å². The fourth-order valence-corrected chi connectivity index (χ4v) is 17.2. The molecule has 9 aromatic heterocycles. The predicted octanol–water partition coefficient (Wildman–Crippen LogP) is 11.0. The molecule has 6 aliphatic rings. The molecule has 3 amide bonds. The van der Waals surface area contributed by atoms with Gasteiger partial charge in [0.15, 0.2) is 17.2 Å². The first-order valence-corrected chi connectivity index (χ1v) is 42.8. The van der Waals surface area contributed by atoms with Crippen molar-refractivity contribution in [2.75, 3.05) is 161 Å². The lowest BCUT2D eigenvalue weighted by Crippen LogP contribution is -2.53. The molecule has 2 unspecified atom stereocenters. The monoisotopic (exact) mass is 1830 g/mol. The van der Waals surface area contributed by atoms with Crippen LogP contribution in [-0.2, 0) is 28.6 Å². The summed E-state index contributed by atoms with van der Waals surface area (Å²) in [5.74, 6) is -0.269. The summed E-state index contributed by atoms with van der Waals surface area (Å²) < 4.78 is 113. The standard InChI is InChI=1S/C29H31ClF2N8O4.C29H32ClFN8O4.C28H30ClFN8O4/c1-4-23(41)39-7-9-40(10-8-39)27-17-5-6-33-28(44-26-18-12-34-37-20(18)11-19(32)24(26)30)25(17)35-29(36-27)43-22-14-38(3)13-21(22)42-15-16(2)31;1-5-23(40)38-9-10-39(16(3)13-38)27-17-7-8-32-28(43-26-18-12-33-36-20(18)11-19(31)24(26)30)25(17)34-29(35-27)42-22-15-37(4)14-21(22)41-6-2;1-5-22(39)37-8-9-38(15(2)12-37)26-16-6-7-31-27(42-25-17-11-32-35-19(17)10-18(30)23(25)29)24(16)33-28(34-26)41-21-14-36(3)13-20(21)40-4/h4-6,11-12,16,21-22H,1,7-10,13-15H2,2-3H3,(H,34,37);5,7-8,11-12,16,21-22H,1,6,9-10,13-15H2,2-4H3,(H,33,36);5-7,10-11,15,20-21H,1,8-9,12-14H2,2-4H3,(H,32,35)/t16?,21-,22?;16-,21+,22+;15-,20-,21-/m101/s1. The van der Waals surface area contributed by atoms with E-state index in [4.69, 9.17) is 102 Å². The zero-order chi connectivity index (χ0) is 90.7. The van der Waals surface area contributed by atoms with Gasteiger partial charge >= 0.3 is 18.0 Å². The Morgan fingerprint density at radius 1 is 0.473 bits per heavy atom. The Bertz CT molecular complexity index is 6220. The highest BCUT2D eigenvalue weighted by Gasteiger charge is 2.40. The molecule has 0 radical (unpaired) electrons. The molecule has 0 spiro atoms. The highest BCUT2D eigenvalue weighted by Crippen LogP contribution is 2.46. The van der Waals surface area contributed by atoms with Gasteiger partial charge in [0.1, 0.15) is 109 Å². The number of aromatic nitrogens is 15. The van der Waals surface area contributed by atoms with Crippen molar-refractivity contribution >= 4 is 135 Å². The van der Waals surface area contributed by atoms with E-state index in [-0.39, 0.29) is 129 Å². The van der Waals surface area contributed by atoms with Crippen molar-refractivity contribution in [2.24, 2.45) is 0 Å². The average molecular weight is 1840 g/mol. The van der Waals surface area contributed by atoms with Crippen molar-refractivity contribution in [3.63, 3.8) is 0 Å². The number of likely N-dealkylation sites (tertiary alicyclic amines) is 3. The second-order valence-electron chi connectivity index (χ2n) is 32.0. The molecule has 3 N–H and O–H groups in total. The lowest BCUT2D eigenvalue weighted by molar-refractivity contribution is -0.127. The molecule has 6 fully saturated rings. The number of likely N-dealkylation sites (N-methyl/N-ethyl adjacent to an activating group) is 3. The summed E-state index contributed by atoms with van der Waals surface area (Å²) >= 11 is 19.1. The Labute approximate surface area is 751 Å². The van der Waals surface area contributed by atoms with Gasteiger partial charge in [0.05, 0.1) is 74.1 Å². The van der Waals surface area contributed by atoms with Gasteiger partial charge in [0, 0.05) is 167 Å². The van der Waals surface area contributed by atoms with Crippen LogP contribution in [0.4, 0.5) is 35.0 Å². The van der Waals surface area contributed by atoms with Crippen LogP contribution in [0.2, 0.25) is 15.1 Å². The number of nitrogens with one attached hydrogen (secondary N) is 3. The Balaban J connectivity index is 0.000000142. The number of benzene rings is 3. The Kier molecular flexibility index (Phi) is 27.2. The van der Waals surface area contributed by atoms with Gasteiger partial charge in [-0.15, -0.1) is 0 Å².